The van der Waals surface area contributed by atoms with E-state index in [0.717, 1.165) is 36.6 Å². The van der Waals surface area contributed by atoms with E-state index in [1.165, 1.54) is 0 Å². The molecule has 1 aromatic carbocycles. The first-order valence-corrected chi connectivity index (χ1v) is 6.84. The van der Waals surface area contributed by atoms with Crippen LogP contribution in [0.2, 0.25) is 5.02 Å². The Morgan fingerprint density at radius 3 is 2.78 bits per heavy atom. The minimum absolute atomic E-state index is 0.0117. The minimum atomic E-state index is 0.0117. The molecule has 0 bridgehead atoms. The van der Waals surface area contributed by atoms with Crippen molar-refractivity contribution < 1.29 is 0 Å². The molecule has 0 aromatic heterocycles. The molecule has 2 atom stereocenters. The lowest BCUT2D eigenvalue weighted by molar-refractivity contribution is 0.104. The van der Waals surface area contributed by atoms with E-state index >= 15 is 0 Å². The third-order valence-corrected chi connectivity index (χ3v) is 4.16. The highest BCUT2D eigenvalue weighted by Gasteiger charge is 2.25. The van der Waals surface area contributed by atoms with Crippen molar-refractivity contribution in [3.63, 3.8) is 0 Å². The Morgan fingerprint density at radius 1 is 1.33 bits per heavy atom. The second kappa shape index (κ2) is 6.02. The summed E-state index contributed by atoms with van der Waals surface area (Å²) in [6, 6.07) is 8.40. The predicted molar refractivity (Wildman–Crippen MR) is 76.9 cm³/mol. The summed E-state index contributed by atoms with van der Waals surface area (Å²) in [5.74, 6) is 0. The first kappa shape index (κ1) is 13.8. The van der Waals surface area contributed by atoms with Crippen molar-refractivity contribution in [2.24, 2.45) is 5.73 Å². The fraction of sp³-hybridized carbons (Fsp3) is 0.571. The monoisotopic (exact) mass is 267 g/mol. The summed E-state index contributed by atoms with van der Waals surface area (Å²) >= 11 is 6.20. The molecule has 1 aromatic rings. The predicted octanol–water partition coefficient (Wildman–Crippen LogP) is 1.98. The third-order valence-electron chi connectivity index (χ3n) is 3.81. The molecule has 0 spiro atoms. The third kappa shape index (κ3) is 3.23. The summed E-state index contributed by atoms with van der Waals surface area (Å²) < 4.78 is 0. The summed E-state index contributed by atoms with van der Waals surface area (Å²) in [5.41, 5.74) is 7.36. The van der Waals surface area contributed by atoms with Crippen molar-refractivity contribution in [2.45, 2.75) is 18.5 Å². The molecule has 18 heavy (non-hydrogen) atoms. The Morgan fingerprint density at radius 2 is 2.06 bits per heavy atom. The lowest BCUT2D eigenvalue weighted by Crippen LogP contribution is -2.50. The van der Waals surface area contributed by atoms with Crippen LogP contribution >= 0.6 is 11.6 Å². The molecule has 1 fully saturated rings. The molecule has 1 aliphatic rings. The highest BCUT2D eigenvalue weighted by molar-refractivity contribution is 6.31. The number of piperazine rings is 1. The molecule has 2 unspecified atom stereocenters. The molecule has 2 rings (SSSR count). The molecule has 2 N–H and O–H groups in total. The Labute approximate surface area is 115 Å². The summed E-state index contributed by atoms with van der Waals surface area (Å²) in [6.45, 7) is 3.32. The van der Waals surface area contributed by atoms with E-state index in [9.17, 15) is 0 Å². The number of hydrogen-bond acceptors (Lipinski definition) is 3. The second-order valence-electron chi connectivity index (χ2n) is 5.26. The van der Waals surface area contributed by atoms with E-state index in [-0.39, 0.29) is 6.04 Å². The fourth-order valence-corrected chi connectivity index (χ4v) is 2.83. The highest BCUT2D eigenvalue weighted by atomic mass is 35.5. The van der Waals surface area contributed by atoms with E-state index in [1.54, 1.807) is 0 Å². The summed E-state index contributed by atoms with van der Waals surface area (Å²) in [7, 11) is 4.35. The molecule has 0 aliphatic carbocycles. The lowest BCUT2D eigenvalue weighted by atomic mass is 9.98. The van der Waals surface area contributed by atoms with Crippen LogP contribution < -0.4 is 5.73 Å². The van der Waals surface area contributed by atoms with Crippen LogP contribution in [0, 0.1) is 0 Å². The number of nitrogens with two attached hydrogens (primary N) is 1. The first-order chi connectivity index (χ1) is 8.58. The van der Waals surface area contributed by atoms with Crippen LogP contribution in [-0.4, -0.2) is 49.6 Å². The topological polar surface area (TPSA) is 32.5 Å². The molecule has 3 nitrogen and oxygen atoms in total. The molecule has 0 saturated carbocycles. The van der Waals surface area contributed by atoms with Crippen LogP contribution in [0.4, 0.5) is 0 Å². The average Bonchev–Trinajstić information content (AvgIpc) is 2.34. The van der Waals surface area contributed by atoms with Crippen molar-refractivity contribution in [1.29, 1.82) is 0 Å². The van der Waals surface area contributed by atoms with Crippen molar-refractivity contribution in [3.05, 3.63) is 34.9 Å². The van der Waals surface area contributed by atoms with Gasteiger partial charge in [0.05, 0.1) is 0 Å². The van der Waals surface area contributed by atoms with Gasteiger partial charge in [-0.15, -0.1) is 0 Å². The first-order valence-electron chi connectivity index (χ1n) is 6.46. The van der Waals surface area contributed by atoms with Gasteiger partial charge in [0.15, 0.2) is 0 Å². The Bertz CT molecular complexity index is 396. The summed E-state index contributed by atoms with van der Waals surface area (Å²) in [6.07, 6.45) is 0.949. The van der Waals surface area contributed by atoms with E-state index in [0.29, 0.717) is 6.04 Å². The van der Waals surface area contributed by atoms with E-state index in [4.69, 9.17) is 17.3 Å². The van der Waals surface area contributed by atoms with Crippen molar-refractivity contribution >= 4 is 11.6 Å². The maximum absolute atomic E-state index is 6.30. The summed E-state index contributed by atoms with van der Waals surface area (Å²) in [5, 5.41) is 0.775. The zero-order valence-electron chi connectivity index (χ0n) is 11.1. The molecular formula is C14H22ClN3. The van der Waals surface area contributed by atoms with Crippen LogP contribution in [0.25, 0.3) is 0 Å². The lowest BCUT2D eigenvalue weighted by Gasteiger charge is -2.39. The zero-order chi connectivity index (χ0) is 13.1. The maximum Gasteiger partial charge on any atom is 0.0453 e. The van der Waals surface area contributed by atoms with Gasteiger partial charge < -0.3 is 15.5 Å². The van der Waals surface area contributed by atoms with Gasteiger partial charge in [-0.1, -0.05) is 29.8 Å². The Kier molecular flexibility index (Phi) is 4.62. The van der Waals surface area contributed by atoms with Gasteiger partial charge in [0.2, 0.25) is 0 Å². The van der Waals surface area contributed by atoms with Crippen LogP contribution in [0.3, 0.4) is 0 Å². The van der Waals surface area contributed by atoms with Crippen LogP contribution in [-0.2, 0) is 0 Å². The van der Waals surface area contributed by atoms with Gasteiger partial charge >= 0.3 is 0 Å². The number of likely N-dealkylation sites (N-methyl/N-ethyl adjacent to an activating group) is 2. The van der Waals surface area contributed by atoms with Crippen LogP contribution in [0.5, 0.6) is 0 Å². The van der Waals surface area contributed by atoms with Crippen molar-refractivity contribution in [2.75, 3.05) is 33.7 Å². The Balaban J connectivity index is 2.02. The minimum Gasteiger partial charge on any atom is -0.324 e. The molecule has 0 radical (unpaired) electrons. The zero-order valence-corrected chi connectivity index (χ0v) is 11.9. The molecule has 4 heteroatoms. The standard InChI is InChI=1S/C14H22ClN3/c1-17-7-8-18(2)11(10-17)9-14(16)12-5-3-4-6-13(12)15/h3-6,11,14H,7-10,16H2,1-2H3. The van der Waals surface area contributed by atoms with Gasteiger partial charge in [-0.2, -0.15) is 0 Å². The molecule has 1 heterocycles. The molecular weight excluding hydrogens is 246 g/mol. The Hall–Kier alpha value is -0.610. The van der Waals surface area contributed by atoms with Crippen LogP contribution in [0.1, 0.15) is 18.0 Å². The van der Waals surface area contributed by atoms with E-state index < -0.39 is 0 Å². The largest absolute Gasteiger partial charge is 0.324 e. The van der Waals surface area contributed by atoms with Gasteiger partial charge in [0.1, 0.15) is 0 Å². The van der Waals surface area contributed by atoms with Crippen molar-refractivity contribution in [3.8, 4) is 0 Å². The second-order valence-corrected chi connectivity index (χ2v) is 5.67. The van der Waals surface area contributed by atoms with Gasteiger partial charge in [-0.25, -0.2) is 0 Å². The molecule has 0 amide bonds. The molecule has 1 aliphatic heterocycles. The van der Waals surface area contributed by atoms with Gasteiger partial charge in [-0.3, -0.25) is 0 Å². The quantitative estimate of drug-likeness (QED) is 0.909. The number of nitrogens with zero attached hydrogens (tertiary/aromatic N) is 2. The van der Waals surface area contributed by atoms with Gasteiger partial charge in [0.25, 0.3) is 0 Å². The SMILES string of the molecule is CN1CCN(C)C(CC(N)c2ccccc2Cl)C1. The van der Waals surface area contributed by atoms with Gasteiger partial charge in [-0.05, 0) is 32.1 Å². The number of halogens is 1. The fourth-order valence-electron chi connectivity index (χ4n) is 2.55. The smallest absolute Gasteiger partial charge is 0.0453 e. The molecule has 100 valence electrons. The highest BCUT2D eigenvalue weighted by Crippen LogP contribution is 2.26. The van der Waals surface area contributed by atoms with Crippen LogP contribution in [0.15, 0.2) is 24.3 Å². The number of benzene rings is 1. The van der Waals surface area contributed by atoms with E-state index in [2.05, 4.69) is 23.9 Å². The molecule has 1 saturated heterocycles. The van der Waals surface area contributed by atoms with E-state index in [1.807, 2.05) is 24.3 Å². The maximum atomic E-state index is 6.30. The number of rotatable bonds is 3. The van der Waals surface area contributed by atoms with Crippen molar-refractivity contribution in [1.82, 2.24) is 9.80 Å². The summed E-state index contributed by atoms with van der Waals surface area (Å²) in [4.78, 5) is 4.76. The van der Waals surface area contributed by atoms with Gasteiger partial charge in [0, 0.05) is 36.7 Å². The normalized spacial score (nSPS) is 24.1. The number of hydrogen-bond donors (Lipinski definition) is 1. The average molecular weight is 268 g/mol.